The highest BCUT2D eigenvalue weighted by atomic mass is 35.5. The Morgan fingerprint density at radius 3 is 2.00 bits per heavy atom. The predicted octanol–water partition coefficient (Wildman–Crippen LogP) is 2.00. The fourth-order valence-corrected chi connectivity index (χ4v) is 3.89. The fraction of sp³-hybridized carbons (Fsp3) is 0.895. The van der Waals surface area contributed by atoms with Gasteiger partial charge in [0.2, 0.25) is 11.8 Å². The maximum absolute atomic E-state index is 12.5. The normalized spacial score (nSPS) is 20.0. The van der Waals surface area contributed by atoms with Crippen LogP contribution in [0.5, 0.6) is 0 Å². The average molecular weight is 425 g/mol. The van der Waals surface area contributed by atoms with E-state index in [1.165, 1.54) is 0 Å². The van der Waals surface area contributed by atoms with Crippen molar-refractivity contribution in [1.82, 2.24) is 14.7 Å². The maximum atomic E-state index is 12.5. The Morgan fingerprint density at radius 2 is 1.52 bits per heavy atom. The van der Waals surface area contributed by atoms with Gasteiger partial charge in [-0.05, 0) is 37.6 Å². The summed E-state index contributed by atoms with van der Waals surface area (Å²) in [5, 5.41) is 0. The molecular formula is C19H38Cl2N4O2. The number of likely N-dealkylation sites (tertiary alicyclic amines) is 1. The number of halogens is 2. The number of nitrogens with zero attached hydrogens (tertiary/aromatic N) is 3. The molecule has 0 bridgehead atoms. The molecule has 0 aliphatic carbocycles. The van der Waals surface area contributed by atoms with Crippen LogP contribution in [0.4, 0.5) is 0 Å². The van der Waals surface area contributed by atoms with Gasteiger partial charge in [-0.15, -0.1) is 24.8 Å². The van der Waals surface area contributed by atoms with Gasteiger partial charge in [-0.2, -0.15) is 0 Å². The first-order chi connectivity index (χ1) is 11.9. The number of hydrogen-bond donors (Lipinski definition) is 1. The third-order valence-corrected chi connectivity index (χ3v) is 5.60. The molecule has 0 radical (unpaired) electrons. The lowest BCUT2D eigenvalue weighted by molar-refractivity contribution is -0.136. The number of carbonyl (C=O) groups is 2. The summed E-state index contributed by atoms with van der Waals surface area (Å²) in [6, 6.07) is -0.381. The van der Waals surface area contributed by atoms with E-state index in [9.17, 15) is 9.59 Å². The number of amides is 2. The molecule has 1 atom stereocenters. The molecule has 2 aliphatic rings. The number of rotatable bonds is 6. The highest BCUT2D eigenvalue weighted by molar-refractivity contribution is 5.85. The summed E-state index contributed by atoms with van der Waals surface area (Å²) in [5.41, 5.74) is 6.03. The van der Waals surface area contributed by atoms with Crippen LogP contribution in [0, 0.1) is 11.8 Å². The Bertz CT molecular complexity index is 449. The summed E-state index contributed by atoms with van der Waals surface area (Å²) in [4.78, 5) is 31.2. The zero-order chi connectivity index (χ0) is 18.4. The number of nitrogens with two attached hydrogens (primary N) is 1. The smallest absolute Gasteiger partial charge is 0.239 e. The van der Waals surface area contributed by atoms with E-state index in [0.717, 1.165) is 65.1 Å². The average Bonchev–Trinajstić information content (AvgIpc) is 2.61. The van der Waals surface area contributed by atoms with Crippen LogP contribution in [0.15, 0.2) is 0 Å². The van der Waals surface area contributed by atoms with Crippen LogP contribution < -0.4 is 5.73 Å². The lowest BCUT2D eigenvalue weighted by Crippen LogP contribution is -2.50. The van der Waals surface area contributed by atoms with E-state index in [2.05, 4.69) is 25.7 Å². The molecule has 2 heterocycles. The van der Waals surface area contributed by atoms with Crippen LogP contribution >= 0.6 is 24.8 Å². The van der Waals surface area contributed by atoms with Crippen molar-refractivity contribution >= 4 is 36.6 Å². The molecule has 0 aromatic carbocycles. The molecule has 0 aromatic heterocycles. The van der Waals surface area contributed by atoms with Gasteiger partial charge in [0.1, 0.15) is 0 Å². The van der Waals surface area contributed by atoms with Gasteiger partial charge >= 0.3 is 0 Å². The summed E-state index contributed by atoms with van der Waals surface area (Å²) < 4.78 is 0. The SMILES string of the molecule is CCN1CCN(C(=O)CC2CCN(C(=O)[C@@H](N)CC(C)C)CC2)CC1.Cl.Cl. The molecule has 2 saturated heterocycles. The first-order valence-corrected chi connectivity index (χ1v) is 9.95. The van der Waals surface area contributed by atoms with Crippen LogP contribution in [0.1, 0.15) is 46.5 Å². The first kappa shape index (κ1) is 26.4. The minimum atomic E-state index is -0.381. The fourth-order valence-electron chi connectivity index (χ4n) is 3.89. The molecule has 2 amide bonds. The van der Waals surface area contributed by atoms with E-state index in [0.29, 0.717) is 18.3 Å². The summed E-state index contributed by atoms with van der Waals surface area (Å²) in [7, 11) is 0. The lowest BCUT2D eigenvalue weighted by atomic mass is 9.92. The molecule has 0 spiro atoms. The Hall–Kier alpha value is -0.560. The van der Waals surface area contributed by atoms with Crippen LogP contribution in [-0.2, 0) is 9.59 Å². The molecule has 8 heteroatoms. The zero-order valence-electron chi connectivity index (χ0n) is 17.1. The topological polar surface area (TPSA) is 69.9 Å². The van der Waals surface area contributed by atoms with Gasteiger partial charge in [-0.3, -0.25) is 9.59 Å². The van der Waals surface area contributed by atoms with E-state index >= 15 is 0 Å². The van der Waals surface area contributed by atoms with Crippen molar-refractivity contribution in [2.75, 3.05) is 45.8 Å². The van der Waals surface area contributed by atoms with Crippen molar-refractivity contribution in [3.63, 3.8) is 0 Å². The Labute approximate surface area is 177 Å². The van der Waals surface area contributed by atoms with Gasteiger partial charge in [-0.25, -0.2) is 0 Å². The van der Waals surface area contributed by atoms with Crippen molar-refractivity contribution in [2.24, 2.45) is 17.6 Å². The Kier molecular flexibility index (Phi) is 12.5. The van der Waals surface area contributed by atoms with Crippen LogP contribution in [-0.4, -0.2) is 78.4 Å². The third kappa shape index (κ3) is 8.14. The molecule has 6 nitrogen and oxygen atoms in total. The summed E-state index contributed by atoms with van der Waals surface area (Å²) in [5.74, 6) is 1.20. The summed E-state index contributed by atoms with van der Waals surface area (Å²) in [6.45, 7) is 12.6. The van der Waals surface area contributed by atoms with Gasteiger partial charge in [-0.1, -0.05) is 20.8 Å². The van der Waals surface area contributed by atoms with Gasteiger partial charge in [0, 0.05) is 45.7 Å². The predicted molar refractivity (Wildman–Crippen MR) is 115 cm³/mol. The first-order valence-electron chi connectivity index (χ1n) is 9.95. The van der Waals surface area contributed by atoms with Crippen molar-refractivity contribution in [1.29, 1.82) is 0 Å². The highest BCUT2D eigenvalue weighted by Gasteiger charge is 2.29. The van der Waals surface area contributed by atoms with Gasteiger partial charge in [0.05, 0.1) is 6.04 Å². The number of likely N-dealkylation sites (N-methyl/N-ethyl adjacent to an activating group) is 1. The summed E-state index contributed by atoms with van der Waals surface area (Å²) in [6.07, 6.45) is 3.20. The van der Waals surface area contributed by atoms with Crippen LogP contribution in [0.2, 0.25) is 0 Å². The summed E-state index contributed by atoms with van der Waals surface area (Å²) >= 11 is 0. The van der Waals surface area contributed by atoms with Crippen LogP contribution in [0.25, 0.3) is 0 Å². The molecule has 2 N–H and O–H groups in total. The molecular weight excluding hydrogens is 387 g/mol. The molecule has 2 rings (SSSR count). The van der Waals surface area contributed by atoms with Crippen molar-refractivity contribution in [3.8, 4) is 0 Å². The van der Waals surface area contributed by atoms with Crippen molar-refractivity contribution in [3.05, 3.63) is 0 Å². The highest BCUT2D eigenvalue weighted by Crippen LogP contribution is 2.22. The molecule has 2 fully saturated rings. The molecule has 27 heavy (non-hydrogen) atoms. The second-order valence-corrected chi connectivity index (χ2v) is 8.02. The third-order valence-electron chi connectivity index (χ3n) is 5.60. The quantitative estimate of drug-likeness (QED) is 0.707. The van der Waals surface area contributed by atoms with Crippen molar-refractivity contribution < 1.29 is 9.59 Å². The standard InChI is InChI=1S/C19H36N4O2.2ClH/c1-4-21-9-11-22(12-10-21)18(24)14-16-5-7-23(8-6-16)19(25)17(20)13-15(2)3;;/h15-17H,4-14,20H2,1-3H3;2*1H/t17-;;/m0../s1. The molecule has 0 unspecified atom stereocenters. The largest absolute Gasteiger partial charge is 0.341 e. The maximum Gasteiger partial charge on any atom is 0.239 e. The number of piperidine rings is 1. The number of hydrogen-bond acceptors (Lipinski definition) is 4. The Balaban J connectivity index is 0.00000338. The minimum absolute atomic E-state index is 0. The second-order valence-electron chi connectivity index (χ2n) is 8.02. The van der Waals surface area contributed by atoms with Crippen LogP contribution in [0.3, 0.4) is 0 Å². The Morgan fingerprint density at radius 1 is 0.963 bits per heavy atom. The monoisotopic (exact) mass is 424 g/mol. The van der Waals surface area contributed by atoms with Gasteiger partial charge < -0.3 is 20.4 Å². The van der Waals surface area contributed by atoms with E-state index in [1.807, 2.05) is 9.80 Å². The van der Waals surface area contributed by atoms with Gasteiger partial charge in [0.25, 0.3) is 0 Å². The number of carbonyl (C=O) groups excluding carboxylic acids is 2. The minimum Gasteiger partial charge on any atom is -0.341 e. The number of piperazine rings is 1. The second kappa shape index (κ2) is 12.8. The lowest BCUT2D eigenvalue weighted by Gasteiger charge is -2.36. The molecule has 0 aromatic rings. The van der Waals surface area contributed by atoms with E-state index < -0.39 is 0 Å². The zero-order valence-corrected chi connectivity index (χ0v) is 18.7. The van der Waals surface area contributed by atoms with E-state index in [4.69, 9.17) is 5.73 Å². The molecule has 2 aliphatic heterocycles. The molecule has 160 valence electrons. The van der Waals surface area contributed by atoms with Crippen molar-refractivity contribution in [2.45, 2.75) is 52.5 Å². The van der Waals surface area contributed by atoms with Gasteiger partial charge in [0.15, 0.2) is 0 Å². The molecule has 0 saturated carbocycles. The van der Waals surface area contributed by atoms with E-state index in [-0.39, 0.29) is 42.7 Å². The van der Waals surface area contributed by atoms with E-state index in [1.54, 1.807) is 0 Å².